The average molecular weight is 536 g/mol. The normalized spacial score (nSPS) is 18.4. The van der Waals surface area contributed by atoms with Gasteiger partial charge in [-0.1, -0.05) is 38.0 Å². The topological polar surface area (TPSA) is 168 Å². The lowest BCUT2D eigenvalue weighted by atomic mass is 10.0. The van der Waals surface area contributed by atoms with Gasteiger partial charge in [0.25, 0.3) is 0 Å². The van der Waals surface area contributed by atoms with Crippen LogP contribution in [0, 0.1) is 0 Å². The highest BCUT2D eigenvalue weighted by molar-refractivity contribution is 5.84. The third kappa shape index (κ3) is 9.99. The fourth-order valence-electron chi connectivity index (χ4n) is 3.45. The van der Waals surface area contributed by atoms with Crippen molar-refractivity contribution in [1.29, 1.82) is 0 Å². The quantitative estimate of drug-likeness (QED) is 0.156. The van der Waals surface area contributed by atoms with Crippen LogP contribution in [0.2, 0.25) is 0 Å². The molecule has 1 aromatic carbocycles. The van der Waals surface area contributed by atoms with Gasteiger partial charge in [0.1, 0.15) is 12.3 Å². The second-order valence-corrected chi connectivity index (χ2v) is 8.29. The molecule has 38 heavy (non-hydrogen) atoms. The fourth-order valence-corrected chi connectivity index (χ4v) is 3.45. The van der Waals surface area contributed by atoms with E-state index in [0.717, 1.165) is 26.7 Å². The smallest absolute Gasteiger partial charge is 0.436 e. The maximum Gasteiger partial charge on any atom is 0.436 e. The largest absolute Gasteiger partial charge is 0.465 e. The lowest BCUT2D eigenvalue weighted by Gasteiger charge is -2.38. The summed E-state index contributed by atoms with van der Waals surface area (Å²) in [5, 5.41) is 5.10. The Morgan fingerprint density at radius 3 is 2.18 bits per heavy atom. The van der Waals surface area contributed by atoms with Gasteiger partial charge in [-0.25, -0.2) is 4.79 Å². The number of esters is 3. The molecule has 13 nitrogen and oxygen atoms in total. The molecule has 0 bridgehead atoms. The van der Waals surface area contributed by atoms with Crippen LogP contribution in [0.1, 0.15) is 53.4 Å². The molecule has 13 heteroatoms. The molecule has 0 fully saturated rings. The number of hydroxylamine groups is 1. The standard InChI is InChI=1S/C25H33N3O10/c1-5-6-8-13-20(32)27-21-23(36-17(4)31)22(35-16(3)30)19(14-34-15(2)29)37-24(21)28-38-25(33)26-18-11-9-7-10-12-18/h7,9-12,19,22-23,28H,5-6,8,13-14H2,1-4H3,(H,26,33)(H,27,32)/t19-,22-,23-/m1/s1. The third-order valence-electron chi connectivity index (χ3n) is 5.05. The summed E-state index contributed by atoms with van der Waals surface area (Å²) in [7, 11) is 0. The summed E-state index contributed by atoms with van der Waals surface area (Å²) in [6.45, 7) is 4.99. The Hall–Kier alpha value is -4.29. The number of para-hydroxylation sites is 1. The van der Waals surface area contributed by atoms with Crippen molar-refractivity contribution in [2.75, 3.05) is 11.9 Å². The molecular formula is C25H33N3O10. The van der Waals surface area contributed by atoms with E-state index in [2.05, 4.69) is 16.1 Å². The highest BCUT2D eigenvalue weighted by Crippen LogP contribution is 2.28. The fraction of sp³-hybridized carbons (Fsp3) is 0.480. The van der Waals surface area contributed by atoms with Crippen LogP contribution in [0.5, 0.6) is 0 Å². The van der Waals surface area contributed by atoms with Gasteiger partial charge < -0.3 is 29.1 Å². The Kier molecular flexibility index (Phi) is 11.9. The number of unbranched alkanes of at least 4 members (excludes halogenated alkanes) is 2. The second-order valence-electron chi connectivity index (χ2n) is 8.29. The number of rotatable bonds is 12. The Morgan fingerprint density at radius 2 is 1.58 bits per heavy atom. The first-order valence-electron chi connectivity index (χ1n) is 12.1. The number of ether oxygens (including phenoxy) is 4. The predicted octanol–water partition coefficient (Wildman–Crippen LogP) is 2.43. The van der Waals surface area contributed by atoms with Gasteiger partial charge in [-0.05, 0) is 18.6 Å². The molecule has 1 aliphatic heterocycles. The van der Waals surface area contributed by atoms with Gasteiger partial charge >= 0.3 is 24.0 Å². The summed E-state index contributed by atoms with van der Waals surface area (Å²) in [5.41, 5.74) is 2.61. The Bertz CT molecular complexity index is 1030. The number of amides is 2. The maximum atomic E-state index is 12.7. The van der Waals surface area contributed by atoms with Crippen LogP contribution < -0.4 is 16.1 Å². The molecular weight excluding hydrogens is 502 g/mol. The molecule has 3 atom stereocenters. The summed E-state index contributed by atoms with van der Waals surface area (Å²) in [5.74, 6) is -2.91. The highest BCUT2D eigenvalue weighted by Gasteiger charge is 2.46. The van der Waals surface area contributed by atoms with E-state index in [0.29, 0.717) is 12.1 Å². The first-order valence-corrected chi connectivity index (χ1v) is 12.1. The van der Waals surface area contributed by atoms with Crippen LogP contribution in [0.25, 0.3) is 0 Å². The summed E-state index contributed by atoms with van der Waals surface area (Å²) >= 11 is 0. The van der Waals surface area contributed by atoms with E-state index < -0.39 is 54.8 Å². The van der Waals surface area contributed by atoms with Gasteiger partial charge in [-0.15, -0.1) is 0 Å². The maximum absolute atomic E-state index is 12.7. The van der Waals surface area contributed by atoms with E-state index >= 15 is 0 Å². The molecule has 0 saturated carbocycles. The van der Waals surface area contributed by atoms with Crippen molar-refractivity contribution in [1.82, 2.24) is 10.8 Å². The van der Waals surface area contributed by atoms with Crippen LogP contribution >= 0.6 is 0 Å². The van der Waals surface area contributed by atoms with Gasteiger partial charge in [0.15, 0.2) is 18.3 Å². The molecule has 0 aromatic heterocycles. The Morgan fingerprint density at radius 1 is 0.895 bits per heavy atom. The SMILES string of the molecule is CCCCCC(=O)NC1=C(NOC(=O)Nc2ccccc2)O[C@H](COC(C)=O)[C@@H](OC(C)=O)[C@@H]1OC(C)=O. The molecule has 1 aliphatic rings. The van der Waals surface area contributed by atoms with Gasteiger partial charge in [0.2, 0.25) is 11.8 Å². The number of anilines is 1. The van der Waals surface area contributed by atoms with E-state index in [4.69, 9.17) is 23.8 Å². The highest BCUT2D eigenvalue weighted by atomic mass is 16.7. The van der Waals surface area contributed by atoms with E-state index in [1.807, 2.05) is 6.92 Å². The summed E-state index contributed by atoms with van der Waals surface area (Å²) in [6.07, 6.45) is -2.41. The van der Waals surface area contributed by atoms with Gasteiger partial charge in [-0.2, -0.15) is 5.48 Å². The zero-order valence-corrected chi connectivity index (χ0v) is 21.7. The molecule has 0 unspecified atom stereocenters. The van der Waals surface area contributed by atoms with Crippen LogP contribution in [0.4, 0.5) is 10.5 Å². The number of carbonyl (C=O) groups excluding carboxylic acids is 5. The number of nitrogens with one attached hydrogen (secondary N) is 3. The Labute approximate surface area is 220 Å². The molecule has 2 rings (SSSR count). The zero-order valence-electron chi connectivity index (χ0n) is 21.7. The lowest BCUT2D eigenvalue weighted by molar-refractivity contribution is -0.186. The second kappa shape index (κ2) is 15.1. The molecule has 1 heterocycles. The lowest BCUT2D eigenvalue weighted by Crippen LogP contribution is -2.55. The van der Waals surface area contributed by atoms with Crippen molar-refractivity contribution in [2.45, 2.75) is 71.7 Å². The molecule has 0 aliphatic carbocycles. The van der Waals surface area contributed by atoms with Crippen LogP contribution in [0.15, 0.2) is 41.9 Å². The molecule has 3 N–H and O–H groups in total. The molecule has 0 saturated heterocycles. The summed E-state index contributed by atoms with van der Waals surface area (Å²) in [4.78, 5) is 65.4. The van der Waals surface area contributed by atoms with Crippen molar-refractivity contribution in [3.8, 4) is 0 Å². The Balaban J connectivity index is 2.40. The van der Waals surface area contributed by atoms with Gasteiger partial charge in [0.05, 0.1) is 0 Å². The average Bonchev–Trinajstić information content (AvgIpc) is 2.84. The molecule has 1 aromatic rings. The van der Waals surface area contributed by atoms with E-state index in [-0.39, 0.29) is 18.0 Å². The predicted molar refractivity (Wildman–Crippen MR) is 132 cm³/mol. The zero-order chi connectivity index (χ0) is 28.1. The van der Waals surface area contributed by atoms with Crippen molar-refractivity contribution in [3.63, 3.8) is 0 Å². The monoisotopic (exact) mass is 535 g/mol. The number of hydrogen-bond donors (Lipinski definition) is 3. The number of hydrogen-bond acceptors (Lipinski definition) is 11. The third-order valence-corrected chi connectivity index (χ3v) is 5.05. The minimum absolute atomic E-state index is 0.141. The minimum Gasteiger partial charge on any atom is -0.465 e. The first kappa shape index (κ1) is 29.9. The van der Waals surface area contributed by atoms with E-state index in [1.54, 1.807) is 30.3 Å². The molecule has 2 amide bonds. The summed E-state index contributed by atoms with van der Waals surface area (Å²) in [6, 6.07) is 8.45. The number of benzene rings is 1. The summed E-state index contributed by atoms with van der Waals surface area (Å²) < 4.78 is 21.6. The molecule has 0 spiro atoms. The van der Waals surface area contributed by atoms with E-state index in [9.17, 15) is 24.0 Å². The van der Waals surface area contributed by atoms with Crippen LogP contribution in [0.3, 0.4) is 0 Å². The van der Waals surface area contributed by atoms with Crippen LogP contribution in [-0.4, -0.2) is 54.8 Å². The molecule has 0 radical (unpaired) electrons. The van der Waals surface area contributed by atoms with Crippen molar-refractivity contribution < 1.29 is 47.8 Å². The van der Waals surface area contributed by atoms with E-state index in [1.165, 1.54) is 6.92 Å². The number of carbonyl (C=O) groups is 5. The van der Waals surface area contributed by atoms with Crippen LogP contribution in [-0.2, 0) is 43.0 Å². The minimum atomic E-state index is -1.40. The van der Waals surface area contributed by atoms with Crippen molar-refractivity contribution >= 4 is 35.6 Å². The molecule has 208 valence electrons. The van der Waals surface area contributed by atoms with Crippen molar-refractivity contribution in [2.24, 2.45) is 0 Å². The van der Waals surface area contributed by atoms with Crippen molar-refractivity contribution in [3.05, 3.63) is 41.9 Å². The first-order chi connectivity index (χ1) is 18.1. The van der Waals surface area contributed by atoms with Gasteiger partial charge in [-0.3, -0.25) is 24.5 Å². The van der Waals surface area contributed by atoms with Gasteiger partial charge in [0, 0.05) is 32.9 Å².